The summed E-state index contributed by atoms with van der Waals surface area (Å²) in [5.74, 6) is 0. The van der Waals surface area contributed by atoms with E-state index in [0.29, 0.717) is 31.6 Å². The maximum Gasteiger partial charge on any atom is 0.212 e. The Balaban J connectivity index is 0.00000192. The van der Waals surface area contributed by atoms with E-state index in [1.54, 1.807) is 0 Å². The first-order chi connectivity index (χ1) is 10.5. The van der Waals surface area contributed by atoms with Gasteiger partial charge in [-0.1, -0.05) is 30.3 Å². The summed E-state index contributed by atoms with van der Waals surface area (Å²) in [6.07, 6.45) is 3.75. The molecule has 1 aliphatic carbocycles. The Bertz CT molecular complexity index is 583. The smallest absolute Gasteiger partial charge is 0.212 e. The molecule has 1 aliphatic heterocycles. The van der Waals surface area contributed by atoms with E-state index >= 15 is 0 Å². The molecule has 0 radical (unpaired) electrons. The molecule has 0 amide bonds. The summed E-state index contributed by atoms with van der Waals surface area (Å²) in [5.41, 5.74) is 1.21. The van der Waals surface area contributed by atoms with Crippen LogP contribution in [0.15, 0.2) is 30.3 Å². The van der Waals surface area contributed by atoms with Crippen LogP contribution >= 0.6 is 24.0 Å². The Morgan fingerprint density at radius 3 is 2.30 bits per heavy atom. The highest BCUT2D eigenvalue weighted by Crippen LogP contribution is 2.31. The zero-order valence-corrected chi connectivity index (χ0v) is 16.3. The summed E-state index contributed by atoms with van der Waals surface area (Å²) in [6, 6.07) is 10.8. The van der Waals surface area contributed by atoms with Crippen LogP contribution < -0.4 is 5.14 Å². The van der Waals surface area contributed by atoms with E-state index in [9.17, 15) is 8.42 Å². The first kappa shape index (κ1) is 19.1. The molecule has 23 heavy (non-hydrogen) atoms. The predicted octanol–water partition coefficient (Wildman–Crippen LogP) is 2.11. The van der Waals surface area contributed by atoms with Crippen molar-refractivity contribution in [1.29, 1.82) is 0 Å². The van der Waals surface area contributed by atoms with Gasteiger partial charge in [-0.25, -0.2) is 13.6 Å². The number of ether oxygens (including phenoxy) is 1. The largest absolute Gasteiger partial charge is 0.373 e. The van der Waals surface area contributed by atoms with Gasteiger partial charge in [0.25, 0.3) is 0 Å². The van der Waals surface area contributed by atoms with Crippen molar-refractivity contribution in [2.24, 2.45) is 5.14 Å². The fourth-order valence-corrected chi connectivity index (χ4v) is 4.20. The minimum atomic E-state index is -3.37. The molecule has 3 rings (SSSR count). The Morgan fingerprint density at radius 1 is 1.13 bits per heavy atom. The molecule has 1 saturated heterocycles. The van der Waals surface area contributed by atoms with Gasteiger partial charge in [0.15, 0.2) is 0 Å². The van der Waals surface area contributed by atoms with Gasteiger partial charge in [-0.05, 0) is 44.3 Å². The molecule has 2 aliphatic rings. The topological polar surface area (TPSA) is 72.6 Å². The second-order valence-electron chi connectivity index (χ2n) is 6.37. The number of nitrogens with two attached hydrogens (primary N) is 1. The Kier molecular flexibility index (Phi) is 6.85. The molecule has 1 aromatic rings. The van der Waals surface area contributed by atoms with Crippen molar-refractivity contribution in [3.05, 3.63) is 35.9 Å². The van der Waals surface area contributed by atoms with E-state index < -0.39 is 10.0 Å². The first-order valence-electron chi connectivity index (χ1n) is 7.93. The third kappa shape index (κ3) is 5.12. The van der Waals surface area contributed by atoms with E-state index in [1.807, 2.05) is 18.2 Å². The number of rotatable bonds is 5. The number of likely N-dealkylation sites (tertiary alicyclic amines) is 1. The molecule has 0 spiro atoms. The molecule has 2 N–H and O–H groups in total. The minimum absolute atomic E-state index is 0. The lowest BCUT2D eigenvalue weighted by atomic mass is 9.86. The van der Waals surface area contributed by atoms with Crippen LogP contribution in [-0.4, -0.2) is 43.8 Å². The quantitative estimate of drug-likeness (QED) is 0.695. The van der Waals surface area contributed by atoms with Crippen LogP contribution in [-0.2, 0) is 21.4 Å². The molecule has 5 nitrogen and oxygen atoms in total. The Morgan fingerprint density at radius 2 is 1.74 bits per heavy atom. The molecule has 0 atom stereocenters. The lowest BCUT2D eigenvalue weighted by Gasteiger charge is -2.45. The molecule has 1 aromatic carbocycles. The SMILES string of the molecule is I.NS(=O)(=O)C1CCN(C2CC(OCc3ccccc3)C2)CC1. The zero-order chi connectivity index (χ0) is 15.6. The highest BCUT2D eigenvalue weighted by atomic mass is 127. The lowest BCUT2D eigenvalue weighted by Crippen LogP contribution is -2.52. The third-order valence-electron chi connectivity index (χ3n) is 4.86. The summed E-state index contributed by atoms with van der Waals surface area (Å²) >= 11 is 0. The Labute approximate surface area is 155 Å². The van der Waals surface area contributed by atoms with E-state index in [1.165, 1.54) is 5.56 Å². The van der Waals surface area contributed by atoms with E-state index in [2.05, 4.69) is 17.0 Å². The summed E-state index contributed by atoms with van der Waals surface area (Å²) in [4.78, 5) is 2.39. The van der Waals surface area contributed by atoms with Crippen LogP contribution in [0.4, 0.5) is 0 Å². The number of piperidine rings is 1. The molecular weight excluding hydrogens is 427 g/mol. The van der Waals surface area contributed by atoms with Crippen LogP contribution in [0.25, 0.3) is 0 Å². The van der Waals surface area contributed by atoms with Crippen molar-refractivity contribution in [2.75, 3.05) is 13.1 Å². The Hall–Kier alpha value is -0.220. The van der Waals surface area contributed by atoms with Crippen molar-refractivity contribution < 1.29 is 13.2 Å². The summed E-state index contributed by atoms with van der Waals surface area (Å²) in [5, 5.41) is 4.88. The first-order valence-corrected chi connectivity index (χ1v) is 9.54. The summed E-state index contributed by atoms with van der Waals surface area (Å²) in [7, 11) is -3.37. The van der Waals surface area contributed by atoms with Crippen LogP contribution in [0.2, 0.25) is 0 Å². The molecule has 0 bridgehead atoms. The maximum absolute atomic E-state index is 11.4. The van der Waals surface area contributed by atoms with E-state index in [4.69, 9.17) is 9.88 Å². The van der Waals surface area contributed by atoms with Gasteiger partial charge in [0.1, 0.15) is 0 Å². The van der Waals surface area contributed by atoms with Crippen molar-refractivity contribution >= 4 is 34.0 Å². The van der Waals surface area contributed by atoms with Gasteiger partial charge >= 0.3 is 0 Å². The van der Waals surface area contributed by atoms with Crippen molar-refractivity contribution in [3.63, 3.8) is 0 Å². The lowest BCUT2D eigenvalue weighted by molar-refractivity contribution is -0.0621. The second kappa shape index (κ2) is 8.24. The van der Waals surface area contributed by atoms with Gasteiger partial charge in [-0.2, -0.15) is 0 Å². The van der Waals surface area contributed by atoms with Gasteiger partial charge in [0.05, 0.1) is 18.0 Å². The van der Waals surface area contributed by atoms with E-state index in [-0.39, 0.29) is 29.2 Å². The average molecular weight is 452 g/mol. The van der Waals surface area contributed by atoms with Gasteiger partial charge in [0.2, 0.25) is 10.0 Å². The third-order valence-corrected chi connectivity index (χ3v) is 6.26. The monoisotopic (exact) mass is 452 g/mol. The van der Waals surface area contributed by atoms with Crippen molar-refractivity contribution in [2.45, 2.75) is 49.7 Å². The number of hydrogen-bond acceptors (Lipinski definition) is 4. The minimum Gasteiger partial charge on any atom is -0.373 e. The molecule has 130 valence electrons. The zero-order valence-electron chi connectivity index (χ0n) is 13.1. The highest BCUT2D eigenvalue weighted by Gasteiger charge is 2.37. The molecular formula is C16H25IN2O3S. The number of hydrogen-bond donors (Lipinski definition) is 1. The van der Waals surface area contributed by atoms with Gasteiger partial charge in [0, 0.05) is 6.04 Å². The summed E-state index contributed by atoms with van der Waals surface area (Å²) in [6.45, 7) is 2.33. The van der Waals surface area contributed by atoms with Gasteiger partial charge in [-0.3, -0.25) is 0 Å². The normalized spacial score (nSPS) is 26.3. The molecule has 1 heterocycles. The average Bonchev–Trinajstić information content (AvgIpc) is 2.46. The fraction of sp³-hybridized carbons (Fsp3) is 0.625. The predicted molar refractivity (Wildman–Crippen MR) is 101 cm³/mol. The van der Waals surface area contributed by atoms with Crippen LogP contribution in [0.5, 0.6) is 0 Å². The molecule has 0 unspecified atom stereocenters. The molecule has 2 fully saturated rings. The molecule has 0 aromatic heterocycles. The van der Waals surface area contributed by atoms with E-state index in [0.717, 1.165) is 25.9 Å². The number of nitrogens with zero attached hydrogens (tertiary/aromatic N) is 1. The number of primary sulfonamides is 1. The number of sulfonamides is 1. The second-order valence-corrected chi connectivity index (χ2v) is 8.21. The van der Waals surface area contributed by atoms with Crippen LogP contribution in [0.3, 0.4) is 0 Å². The van der Waals surface area contributed by atoms with Crippen molar-refractivity contribution in [1.82, 2.24) is 4.90 Å². The standard InChI is InChI=1S/C16H24N2O3S.HI/c17-22(19,20)16-6-8-18(9-7-16)14-10-15(11-14)21-12-13-4-2-1-3-5-13;/h1-5,14-16H,6-12H2,(H2,17,19,20);1H. The maximum atomic E-state index is 11.4. The number of halogens is 1. The number of benzene rings is 1. The van der Waals surface area contributed by atoms with Crippen LogP contribution in [0.1, 0.15) is 31.2 Å². The van der Waals surface area contributed by atoms with Crippen molar-refractivity contribution in [3.8, 4) is 0 Å². The van der Waals surface area contributed by atoms with Gasteiger partial charge < -0.3 is 9.64 Å². The molecule has 1 saturated carbocycles. The van der Waals surface area contributed by atoms with Crippen LogP contribution in [0, 0.1) is 0 Å². The molecule has 7 heteroatoms. The van der Waals surface area contributed by atoms with Gasteiger partial charge in [-0.15, -0.1) is 24.0 Å². The fourth-order valence-electron chi connectivity index (χ4n) is 3.33. The highest BCUT2D eigenvalue weighted by molar-refractivity contribution is 14.0. The summed E-state index contributed by atoms with van der Waals surface area (Å²) < 4.78 is 28.6.